The molecule has 3 heteroatoms. The maximum Gasteiger partial charge on any atom is 0.0962 e. The normalized spacial score (nSPS) is 27.2. The van der Waals surface area contributed by atoms with Gasteiger partial charge in [0, 0.05) is 16.8 Å². The van der Waals surface area contributed by atoms with Crippen LogP contribution in [0.2, 0.25) is 0 Å². The van der Waals surface area contributed by atoms with Gasteiger partial charge >= 0.3 is 0 Å². The van der Waals surface area contributed by atoms with Crippen LogP contribution in [-0.2, 0) is 6.42 Å². The summed E-state index contributed by atoms with van der Waals surface area (Å²) in [6, 6.07) is 0.565. The first-order chi connectivity index (χ1) is 9.09. The summed E-state index contributed by atoms with van der Waals surface area (Å²) in [6.45, 7) is 4.82. The molecule has 1 heterocycles. The summed E-state index contributed by atoms with van der Waals surface area (Å²) in [6.07, 6.45) is 9.16. The average molecular weight is 278 g/mol. The van der Waals surface area contributed by atoms with E-state index in [0.29, 0.717) is 11.5 Å². The van der Waals surface area contributed by atoms with E-state index < -0.39 is 0 Å². The molecule has 1 fully saturated rings. The molecule has 1 N–H and O–H groups in total. The summed E-state index contributed by atoms with van der Waals surface area (Å²) >= 11 is 2.00. The number of nitrogens with zero attached hydrogens (tertiary/aromatic N) is 1. The van der Waals surface area contributed by atoms with E-state index in [2.05, 4.69) is 26.2 Å². The van der Waals surface area contributed by atoms with E-state index in [4.69, 9.17) is 4.98 Å². The van der Waals surface area contributed by atoms with Crippen LogP contribution in [0.5, 0.6) is 0 Å². The van der Waals surface area contributed by atoms with Crippen LogP contribution in [0.1, 0.15) is 79.9 Å². The van der Waals surface area contributed by atoms with E-state index in [1.54, 1.807) is 0 Å². The molecule has 2 nitrogen and oxygen atoms in total. The van der Waals surface area contributed by atoms with Crippen molar-refractivity contribution in [2.45, 2.75) is 70.8 Å². The molecule has 2 aliphatic carbocycles. The fourth-order valence-corrected chi connectivity index (χ4v) is 4.96. The van der Waals surface area contributed by atoms with Gasteiger partial charge in [-0.25, -0.2) is 4.98 Å². The zero-order valence-corrected chi connectivity index (χ0v) is 13.3. The van der Waals surface area contributed by atoms with Crippen molar-refractivity contribution in [3.63, 3.8) is 0 Å². The smallest absolute Gasteiger partial charge is 0.0962 e. The quantitative estimate of drug-likeness (QED) is 0.866. The number of aromatic nitrogens is 1. The molecule has 3 rings (SSSR count). The first-order valence-corrected chi connectivity index (χ1v) is 8.57. The predicted molar refractivity (Wildman–Crippen MR) is 81.8 cm³/mol. The highest BCUT2D eigenvalue weighted by atomic mass is 32.1. The van der Waals surface area contributed by atoms with E-state index >= 15 is 0 Å². The molecule has 0 bridgehead atoms. The van der Waals surface area contributed by atoms with Crippen molar-refractivity contribution in [3.8, 4) is 0 Å². The third-order valence-corrected chi connectivity index (χ3v) is 6.38. The lowest BCUT2D eigenvalue weighted by atomic mass is 9.73. The molecule has 0 aliphatic heterocycles. The summed E-state index contributed by atoms with van der Waals surface area (Å²) in [5, 5.41) is 4.89. The number of fused-ring (bicyclic) bond motifs is 1. The Morgan fingerprint density at radius 3 is 2.63 bits per heavy atom. The second-order valence-electron chi connectivity index (χ2n) is 7.04. The van der Waals surface area contributed by atoms with Gasteiger partial charge < -0.3 is 5.32 Å². The lowest BCUT2D eigenvalue weighted by Gasteiger charge is -2.33. The molecule has 2 aliphatic rings. The fraction of sp³-hybridized carbons (Fsp3) is 0.812. The van der Waals surface area contributed by atoms with Crippen molar-refractivity contribution < 1.29 is 0 Å². The van der Waals surface area contributed by atoms with Gasteiger partial charge in [-0.05, 0) is 57.4 Å². The summed E-state index contributed by atoms with van der Waals surface area (Å²) in [5.41, 5.74) is 1.95. The highest BCUT2D eigenvalue weighted by Gasteiger charge is 2.31. The zero-order valence-electron chi connectivity index (χ0n) is 12.5. The molecular weight excluding hydrogens is 252 g/mol. The Hall–Kier alpha value is -0.410. The van der Waals surface area contributed by atoms with E-state index in [1.165, 1.54) is 60.5 Å². The number of hydrogen-bond acceptors (Lipinski definition) is 3. The number of aryl methyl sites for hydroxylation is 1. The minimum absolute atomic E-state index is 0.556. The van der Waals surface area contributed by atoms with Crippen molar-refractivity contribution in [2.75, 3.05) is 7.05 Å². The minimum atomic E-state index is 0.556. The summed E-state index contributed by atoms with van der Waals surface area (Å²) < 4.78 is 0. The van der Waals surface area contributed by atoms with E-state index in [1.807, 2.05) is 11.3 Å². The van der Waals surface area contributed by atoms with Gasteiger partial charge in [0.05, 0.1) is 10.7 Å². The predicted octanol–water partition coefficient (Wildman–Crippen LogP) is 4.42. The Morgan fingerprint density at radius 2 is 1.95 bits per heavy atom. The number of nitrogens with one attached hydrogen (secondary N) is 1. The van der Waals surface area contributed by atoms with Crippen molar-refractivity contribution >= 4 is 11.3 Å². The Labute approximate surface area is 121 Å². The molecule has 106 valence electrons. The highest BCUT2D eigenvalue weighted by Crippen LogP contribution is 2.45. The molecule has 1 aromatic rings. The molecule has 1 unspecified atom stereocenters. The molecule has 0 amide bonds. The van der Waals surface area contributed by atoms with Gasteiger partial charge in [0.25, 0.3) is 0 Å². The minimum Gasteiger partial charge on any atom is -0.312 e. The standard InChI is InChI=1S/C16H26N2S/c1-16(2)9-7-11(8-10-16)15-18-13-6-4-5-12(17-3)14(13)19-15/h11-12,17H,4-10H2,1-3H3. The van der Waals surface area contributed by atoms with Crippen LogP contribution in [0, 0.1) is 5.41 Å². The lowest BCUT2D eigenvalue weighted by Crippen LogP contribution is -2.20. The SMILES string of the molecule is CNC1CCCc2nc(C3CCC(C)(C)CC3)sc21. The molecule has 19 heavy (non-hydrogen) atoms. The third kappa shape index (κ3) is 2.73. The van der Waals surface area contributed by atoms with Gasteiger partial charge in [-0.1, -0.05) is 13.8 Å². The van der Waals surface area contributed by atoms with Gasteiger partial charge in [0.2, 0.25) is 0 Å². The van der Waals surface area contributed by atoms with E-state index in [-0.39, 0.29) is 0 Å². The first kappa shape index (κ1) is 13.6. The monoisotopic (exact) mass is 278 g/mol. The second kappa shape index (κ2) is 5.17. The molecule has 0 aromatic carbocycles. The maximum absolute atomic E-state index is 5.00. The molecule has 1 aromatic heterocycles. The second-order valence-corrected chi connectivity index (χ2v) is 8.10. The summed E-state index contributed by atoms with van der Waals surface area (Å²) in [5.74, 6) is 0.737. The zero-order chi connectivity index (χ0) is 13.5. The first-order valence-electron chi connectivity index (χ1n) is 7.76. The number of thiazole rings is 1. The van der Waals surface area contributed by atoms with E-state index in [0.717, 1.165) is 5.92 Å². The van der Waals surface area contributed by atoms with Gasteiger partial charge in [0.15, 0.2) is 0 Å². The number of hydrogen-bond donors (Lipinski definition) is 1. The van der Waals surface area contributed by atoms with Crippen LogP contribution >= 0.6 is 11.3 Å². The topological polar surface area (TPSA) is 24.9 Å². The van der Waals surface area contributed by atoms with Crippen LogP contribution in [-0.4, -0.2) is 12.0 Å². The van der Waals surface area contributed by atoms with Crippen molar-refractivity contribution in [3.05, 3.63) is 15.6 Å². The third-order valence-electron chi connectivity index (χ3n) is 5.00. The van der Waals surface area contributed by atoms with Crippen LogP contribution in [0.15, 0.2) is 0 Å². The average Bonchev–Trinajstić information content (AvgIpc) is 2.82. The Bertz CT molecular complexity index is 440. The van der Waals surface area contributed by atoms with Crippen molar-refractivity contribution in [1.29, 1.82) is 0 Å². The maximum atomic E-state index is 5.00. The largest absolute Gasteiger partial charge is 0.312 e. The van der Waals surface area contributed by atoms with E-state index in [9.17, 15) is 0 Å². The van der Waals surface area contributed by atoms with Crippen LogP contribution in [0.4, 0.5) is 0 Å². The molecule has 1 atom stereocenters. The molecular formula is C16H26N2S. The van der Waals surface area contributed by atoms with Crippen molar-refractivity contribution in [1.82, 2.24) is 10.3 Å². The Balaban J connectivity index is 1.78. The Morgan fingerprint density at radius 1 is 1.21 bits per heavy atom. The fourth-order valence-electron chi connectivity index (χ4n) is 3.53. The molecule has 1 saturated carbocycles. The van der Waals surface area contributed by atoms with Crippen LogP contribution in [0.25, 0.3) is 0 Å². The van der Waals surface area contributed by atoms with Crippen LogP contribution < -0.4 is 5.32 Å². The van der Waals surface area contributed by atoms with Gasteiger partial charge in [0.1, 0.15) is 0 Å². The summed E-state index contributed by atoms with van der Waals surface area (Å²) in [7, 11) is 2.09. The Kier molecular flexibility index (Phi) is 3.69. The van der Waals surface area contributed by atoms with Crippen LogP contribution in [0.3, 0.4) is 0 Å². The van der Waals surface area contributed by atoms with Crippen molar-refractivity contribution in [2.24, 2.45) is 5.41 Å². The van der Waals surface area contributed by atoms with Gasteiger partial charge in [-0.3, -0.25) is 0 Å². The van der Waals surface area contributed by atoms with Gasteiger partial charge in [-0.15, -0.1) is 11.3 Å². The van der Waals surface area contributed by atoms with Gasteiger partial charge in [-0.2, -0.15) is 0 Å². The molecule has 0 spiro atoms. The summed E-state index contributed by atoms with van der Waals surface area (Å²) in [4.78, 5) is 6.53. The molecule has 0 saturated heterocycles. The molecule has 0 radical (unpaired) electrons. The highest BCUT2D eigenvalue weighted by molar-refractivity contribution is 7.12. The number of rotatable bonds is 2. The lowest BCUT2D eigenvalue weighted by molar-refractivity contribution is 0.224.